The third kappa shape index (κ3) is 4.45. The summed E-state index contributed by atoms with van der Waals surface area (Å²) >= 11 is 1.56. The summed E-state index contributed by atoms with van der Waals surface area (Å²) < 4.78 is 5.88. The van der Waals surface area contributed by atoms with Crippen LogP contribution in [0.1, 0.15) is 20.8 Å². The first-order chi connectivity index (χ1) is 13.8. The van der Waals surface area contributed by atoms with Crippen LogP contribution in [0.3, 0.4) is 0 Å². The Morgan fingerprint density at radius 1 is 0.964 bits per heavy atom. The number of carbonyl (C=O) groups excluding carboxylic acids is 1. The molecule has 0 unspecified atom stereocenters. The molecular formula is C23H18N2O2S. The molecule has 0 fully saturated rings. The zero-order valence-corrected chi connectivity index (χ0v) is 15.9. The van der Waals surface area contributed by atoms with E-state index in [0.29, 0.717) is 12.2 Å². The monoisotopic (exact) mass is 386 g/mol. The van der Waals surface area contributed by atoms with Crippen molar-refractivity contribution < 1.29 is 9.53 Å². The van der Waals surface area contributed by atoms with Gasteiger partial charge in [0, 0.05) is 10.4 Å². The molecule has 0 saturated heterocycles. The molecule has 4 rings (SSSR count). The van der Waals surface area contributed by atoms with Crippen molar-refractivity contribution in [2.75, 3.05) is 0 Å². The predicted octanol–water partition coefficient (Wildman–Crippen LogP) is 5.24. The van der Waals surface area contributed by atoms with Gasteiger partial charge in [-0.05, 0) is 52.0 Å². The predicted molar refractivity (Wildman–Crippen MR) is 114 cm³/mol. The first-order valence-electron chi connectivity index (χ1n) is 8.85. The standard InChI is InChI=1S/C23H18N2O2S/c26-23(25-24-15-22-6-3-13-28-22)19-9-7-17(8-10-19)16-27-21-12-11-18-4-1-2-5-20(18)14-21/h1-15H,16H2,(H,25,26)/b24-15-. The molecule has 0 aliphatic rings. The van der Waals surface area contributed by atoms with Crippen LogP contribution >= 0.6 is 11.3 Å². The van der Waals surface area contributed by atoms with Crippen molar-refractivity contribution in [3.05, 3.63) is 100 Å². The lowest BCUT2D eigenvalue weighted by molar-refractivity contribution is 0.0955. The van der Waals surface area contributed by atoms with Gasteiger partial charge in [-0.3, -0.25) is 4.79 Å². The number of ether oxygens (including phenoxy) is 1. The van der Waals surface area contributed by atoms with Gasteiger partial charge in [0.15, 0.2) is 0 Å². The maximum atomic E-state index is 12.1. The molecule has 0 radical (unpaired) electrons. The Morgan fingerprint density at radius 2 is 1.79 bits per heavy atom. The second-order valence-electron chi connectivity index (χ2n) is 6.21. The van der Waals surface area contributed by atoms with Crippen LogP contribution in [-0.4, -0.2) is 12.1 Å². The third-order valence-electron chi connectivity index (χ3n) is 4.24. The minimum absolute atomic E-state index is 0.241. The van der Waals surface area contributed by atoms with E-state index >= 15 is 0 Å². The molecule has 138 valence electrons. The second kappa shape index (κ2) is 8.50. The number of carbonyl (C=O) groups is 1. The molecule has 1 N–H and O–H groups in total. The lowest BCUT2D eigenvalue weighted by Gasteiger charge is -2.08. The number of amides is 1. The van der Waals surface area contributed by atoms with Crippen molar-refractivity contribution in [3.63, 3.8) is 0 Å². The van der Waals surface area contributed by atoms with Crippen molar-refractivity contribution in [2.24, 2.45) is 5.10 Å². The van der Waals surface area contributed by atoms with Crippen LogP contribution in [0.15, 0.2) is 89.3 Å². The Hall–Kier alpha value is -3.44. The molecule has 0 spiro atoms. The van der Waals surface area contributed by atoms with Gasteiger partial charge in [-0.1, -0.05) is 48.5 Å². The average molecular weight is 386 g/mol. The number of hydrogen-bond acceptors (Lipinski definition) is 4. The number of rotatable bonds is 6. The van der Waals surface area contributed by atoms with Gasteiger partial charge >= 0.3 is 0 Å². The van der Waals surface area contributed by atoms with Crippen LogP contribution in [0.4, 0.5) is 0 Å². The van der Waals surface area contributed by atoms with E-state index in [0.717, 1.165) is 21.6 Å². The highest BCUT2D eigenvalue weighted by Crippen LogP contribution is 2.21. The lowest BCUT2D eigenvalue weighted by atomic mass is 10.1. The van der Waals surface area contributed by atoms with E-state index in [1.165, 1.54) is 5.39 Å². The van der Waals surface area contributed by atoms with Crippen LogP contribution in [0.2, 0.25) is 0 Å². The molecule has 4 nitrogen and oxygen atoms in total. The molecule has 1 aromatic heterocycles. The number of thiophene rings is 1. The largest absolute Gasteiger partial charge is 0.489 e. The molecule has 1 amide bonds. The number of hydrazone groups is 1. The molecular weight excluding hydrogens is 368 g/mol. The van der Waals surface area contributed by atoms with E-state index < -0.39 is 0 Å². The molecule has 0 aliphatic carbocycles. The Morgan fingerprint density at radius 3 is 2.57 bits per heavy atom. The van der Waals surface area contributed by atoms with Crippen LogP contribution in [0.5, 0.6) is 5.75 Å². The topological polar surface area (TPSA) is 50.7 Å². The Kier molecular flexibility index (Phi) is 5.45. The molecule has 1 heterocycles. The highest BCUT2D eigenvalue weighted by Gasteiger charge is 2.05. The Balaban J connectivity index is 1.34. The van der Waals surface area contributed by atoms with Gasteiger partial charge in [0.2, 0.25) is 0 Å². The van der Waals surface area contributed by atoms with E-state index in [4.69, 9.17) is 4.74 Å². The second-order valence-corrected chi connectivity index (χ2v) is 7.19. The van der Waals surface area contributed by atoms with E-state index in [2.05, 4.69) is 28.7 Å². The van der Waals surface area contributed by atoms with Gasteiger partial charge in [0.1, 0.15) is 12.4 Å². The van der Waals surface area contributed by atoms with Crippen molar-refractivity contribution in [1.29, 1.82) is 0 Å². The Labute approximate surface area is 167 Å². The summed E-state index contributed by atoms with van der Waals surface area (Å²) in [6, 6.07) is 25.4. The molecule has 0 aliphatic heterocycles. The van der Waals surface area contributed by atoms with Crippen molar-refractivity contribution >= 4 is 34.2 Å². The summed E-state index contributed by atoms with van der Waals surface area (Å²) in [5.74, 6) is 0.582. The third-order valence-corrected chi connectivity index (χ3v) is 5.05. The smallest absolute Gasteiger partial charge is 0.271 e. The molecule has 28 heavy (non-hydrogen) atoms. The first-order valence-corrected chi connectivity index (χ1v) is 9.73. The fourth-order valence-corrected chi connectivity index (χ4v) is 3.34. The summed E-state index contributed by atoms with van der Waals surface area (Å²) in [5, 5.41) is 8.27. The quantitative estimate of drug-likeness (QED) is 0.364. The maximum absolute atomic E-state index is 12.1. The molecule has 5 heteroatoms. The van der Waals surface area contributed by atoms with Gasteiger partial charge in [-0.2, -0.15) is 5.10 Å². The molecule has 4 aromatic rings. The SMILES string of the molecule is O=C(N/N=C\c1cccs1)c1ccc(COc2ccc3ccccc3c2)cc1. The Bertz CT molecular complexity index is 1100. The first kappa shape index (κ1) is 17.9. The van der Waals surface area contributed by atoms with Gasteiger partial charge in [0.05, 0.1) is 6.21 Å². The van der Waals surface area contributed by atoms with E-state index in [9.17, 15) is 4.79 Å². The van der Waals surface area contributed by atoms with Crippen molar-refractivity contribution in [3.8, 4) is 5.75 Å². The van der Waals surface area contributed by atoms with Gasteiger partial charge in [-0.15, -0.1) is 11.3 Å². The zero-order valence-electron chi connectivity index (χ0n) is 15.0. The van der Waals surface area contributed by atoms with Crippen LogP contribution in [-0.2, 0) is 6.61 Å². The summed E-state index contributed by atoms with van der Waals surface area (Å²) in [7, 11) is 0. The van der Waals surface area contributed by atoms with Crippen molar-refractivity contribution in [1.82, 2.24) is 5.43 Å². The van der Waals surface area contributed by atoms with Crippen LogP contribution < -0.4 is 10.2 Å². The summed E-state index contributed by atoms with van der Waals surface area (Å²) in [4.78, 5) is 13.1. The van der Waals surface area contributed by atoms with Gasteiger partial charge in [0.25, 0.3) is 5.91 Å². The minimum atomic E-state index is -0.241. The van der Waals surface area contributed by atoms with Crippen molar-refractivity contribution in [2.45, 2.75) is 6.61 Å². The van der Waals surface area contributed by atoms with E-state index in [1.807, 2.05) is 53.9 Å². The molecule has 0 atom stereocenters. The fraction of sp³-hybridized carbons (Fsp3) is 0.0435. The van der Waals surface area contributed by atoms with Crippen LogP contribution in [0.25, 0.3) is 10.8 Å². The average Bonchev–Trinajstić information content (AvgIpc) is 3.26. The number of fused-ring (bicyclic) bond motifs is 1. The fourth-order valence-electron chi connectivity index (χ4n) is 2.76. The normalized spacial score (nSPS) is 11.0. The van der Waals surface area contributed by atoms with Gasteiger partial charge in [-0.25, -0.2) is 5.43 Å². The number of benzene rings is 3. The lowest BCUT2D eigenvalue weighted by Crippen LogP contribution is -2.17. The maximum Gasteiger partial charge on any atom is 0.271 e. The summed E-state index contributed by atoms with van der Waals surface area (Å²) in [6.07, 6.45) is 1.63. The van der Waals surface area contributed by atoms with E-state index in [1.54, 1.807) is 29.7 Å². The highest BCUT2D eigenvalue weighted by molar-refractivity contribution is 7.11. The van der Waals surface area contributed by atoms with E-state index in [-0.39, 0.29) is 5.91 Å². The van der Waals surface area contributed by atoms with Gasteiger partial charge < -0.3 is 4.74 Å². The highest BCUT2D eigenvalue weighted by atomic mass is 32.1. The molecule has 0 bridgehead atoms. The zero-order chi connectivity index (χ0) is 19.2. The number of nitrogens with one attached hydrogen (secondary N) is 1. The number of nitrogens with zero attached hydrogens (tertiary/aromatic N) is 1. The summed E-state index contributed by atoms with van der Waals surface area (Å²) in [6.45, 7) is 0.441. The number of hydrogen-bond donors (Lipinski definition) is 1. The summed E-state index contributed by atoms with van der Waals surface area (Å²) in [5.41, 5.74) is 4.08. The molecule has 3 aromatic carbocycles. The minimum Gasteiger partial charge on any atom is -0.489 e. The van der Waals surface area contributed by atoms with Crippen LogP contribution in [0, 0.1) is 0 Å². The molecule has 0 saturated carbocycles.